The lowest BCUT2D eigenvalue weighted by molar-refractivity contribution is 0.0945. The molecular weight excluding hydrogens is 322 g/mol. The standard InChI is InChI=1S/C18H23N3O4/c1-23-14-4-3-13(16(9-14)24-2)10-20-17(22)15-11-25-18(21-15)12-5-7-19-8-6-12/h3-4,9,11-12,19H,5-8,10H2,1-2H3,(H,20,22). The van der Waals surface area contributed by atoms with Gasteiger partial charge in [0.05, 0.1) is 14.2 Å². The zero-order valence-corrected chi connectivity index (χ0v) is 14.5. The lowest BCUT2D eigenvalue weighted by Crippen LogP contribution is -2.27. The van der Waals surface area contributed by atoms with Crippen molar-refractivity contribution in [1.82, 2.24) is 15.6 Å². The summed E-state index contributed by atoms with van der Waals surface area (Å²) in [5.41, 5.74) is 1.17. The van der Waals surface area contributed by atoms with E-state index in [2.05, 4.69) is 15.6 Å². The third kappa shape index (κ3) is 4.11. The highest BCUT2D eigenvalue weighted by molar-refractivity contribution is 5.91. The highest BCUT2D eigenvalue weighted by Crippen LogP contribution is 2.25. The molecule has 1 amide bonds. The van der Waals surface area contributed by atoms with E-state index in [1.54, 1.807) is 20.3 Å². The van der Waals surface area contributed by atoms with Gasteiger partial charge < -0.3 is 24.5 Å². The molecule has 25 heavy (non-hydrogen) atoms. The maximum Gasteiger partial charge on any atom is 0.273 e. The van der Waals surface area contributed by atoms with Crippen molar-refractivity contribution < 1.29 is 18.7 Å². The number of amides is 1. The van der Waals surface area contributed by atoms with Crippen molar-refractivity contribution in [2.45, 2.75) is 25.3 Å². The molecule has 1 fully saturated rings. The summed E-state index contributed by atoms with van der Waals surface area (Å²) in [6, 6.07) is 5.48. The lowest BCUT2D eigenvalue weighted by Gasteiger charge is -2.19. The molecule has 134 valence electrons. The molecule has 1 aliphatic rings. The Morgan fingerprint density at radius 2 is 2.12 bits per heavy atom. The van der Waals surface area contributed by atoms with Gasteiger partial charge in [-0.1, -0.05) is 0 Å². The average Bonchev–Trinajstić information content (AvgIpc) is 3.17. The maximum atomic E-state index is 12.3. The molecule has 7 heteroatoms. The highest BCUT2D eigenvalue weighted by atomic mass is 16.5. The van der Waals surface area contributed by atoms with Crippen LogP contribution in [0.1, 0.15) is 40.7 Å². The number of carbonyl (C=O) groups is 1. The van der Waals surface area contributed by atoms with Crippen LogP contribution in [0.5, 0.6) is 11.5 Å². The minimum Gasteiger partial charge on any atom is -0.497 e. The van der Waals surface area contributed by atoms with Crippen molar-refractivity contribution in [1.29, 1.82) is 0 Å². The number of nitrogens with one attached hydrogen (secondary N) is 2. The highest BCUT2D eigenvalue weighted by Gasteiger charge is 2.22. The summed E-state index contributed by atoms with van der Waals surface area (Å²) in [4.78, 5) is 16.7. The second-order valence-electron chi connectivity index (χ2n) is 5.96. The number of nitrogens with zero attached hydrogens (tertiary/aromatic N) is 1. The predicted molar refractivity (Wildman–Crippen MR) is 92.1 cm³/mol. The fourth-order valence-electron chi connectivity index (χ4n) is 2.91. The van der Waals surface area contributed by atoms with E-state index in [9.17, 15) is 4.79 Å². The fourth-order valence-corrected chi connectivity index (χ4v) is 2.91. The number of hydrogen-bond donors (Lipinski definition) is 2. The number of ether oxygens (including phenoxy) is 2. The second kappa shape index (κ2) is 8.02. The van der Waals surface area contributed by atoms with Crippen LogP contribution in [0.15, 0.2) is 28.9 Å². The van der Waals surface area contributed by atoms with Gasteiger partial charge in [-0.2, -0.15) is 0 Å². The van der Waals surface area contributed by atoms with Crippen molar-refractivity contribution >= 4 is 5.91 Å². The first-order chi connectivity index (χ1) is 12.2. The maximum absolute atomic E-state index is 12.3. The summed E-state index contributed by atoms with van der Waals surface area (Å²) >= 11 is 0. The molecule has 7 nitrogen and oxygen atoms in total. The molecule has 0 atom stereocenters. The number of aromatic nitrogens is 1. The number of methoxy groups -OCH3 is 2. The molecule has 1 saturated heterocycles. The first-order valence-electron chi connectivity index (χ1n) is 8.36. The Labute approximate surface area is 146 Å². The van der Waals surface area contributed by atoms with Gasteiger partial charge >= 0.3 is 0 Å². The first kappa shape index (κ1) is 17.3. The average molecular weight is 345 g/mol. The Balaban J connectivity index is 1.62. The largest absolute Gasteiger partial charge is 0.497 e. The number of benzene rings is 1. The van der Waals surface area contributed by atoms with Crippen molar-refractivity contribution in [2.75, 3.05) is 27.3 Å². The van der Waals surface area contributed by atoms with Crippen LogP contribution in [-0.4, -0.2) is 38.2 Å². The molecule has 0 aliphatic carbocycles. The molecule has 0 unspecified atom stereocenters. The number of rotatable bonds is 6. The lowest BCUT2D eigenvalue weighted by atomic mass is 9.98. The Hall–Kier alpha value is -2.54. The number of hydrogen-bond acceptors (Lipinski definition) is 6. The zero-order valence-electron chi connectivity index (χ0n) is 14.5. The SMILES string of the molecule is COc1ccc(CNC(=O)c2coc(C3CCNCC3)n2)c(OC)c1. The van der Waals surface area contributed by atoms with Crippen LogP contribution < -0.4 is 20.1 Å². The van der Waals surface area contributed by atoms with E-state index in [1.165, 1.54) is 6.26 Å². The monoisotopic (exact) mass is 345 g/mol. The molecule has 3 rings (SSSR count). The van der Waals surface area contributed by atoms with Crippen LogP contribution in [-0.2, 0) is 6.54 Å². The number of oxazole rings is 1. The molecule has 0 radical (unpaired) electrons. The third-order valence-electron chi connectivity index (χ3n) is 4.38. The second-order valence-corrected chi connectivity index (χ2v) is 5.96. The topological polar surface area (TPSA) is 85.6 Å². The summed E-state index contributed by atoms with van der Waals surface area (Å²) in [6.07, 6.45) is 3.38. The molecule has 1 aromatic heterocycles. The van der Waals surface area contributed by atoms with Crippen LogP contribution in [0.25, 0.3) is 0 Å². The van der Waals surface area contributed by atoms with E-state index in [4.69, 9.17) is 13.9 Å². The molecule has 0 spiro atoms. The third-order valence-corrected chi connectivity index (χ3v) is 4.38. The Bertz CT molecular complexity index is 723. The summed E-state index contributed by atoms with van der Waals surface area (Å²) in [5, 5.41) is 6.15. The van der Waals surface area contributed by atoms with E-state index in [0.717, 1.165) is 31.5 Å². The van der Waals surface area contributed by atoms with Gasteiger partial charge in [0, 0.05) is 24.1 Å². The van der Waals surface area contributed by atoms with Crippen molar-refractivity contribution in [3.63, 3.8) is 0 Å². The van der Waals surface area contributed by atoms with Crippen LogP contribution >= 0.6 is 0 Å². The van der Waals surface area contributed by atoms with E-state index >= 15 is 0 Å². The van der Waals surface area contributed by atoms with Crippen LogP contribution in [0, 0.1) is 0 Å². The molecule has 2 heterocycles. The summed E-state index contributed by atoms with van der Waals surface area (Å²) in [6.45, 7) is 2.24. The van der Waals surface area contributed by atoms with Crippen molar-refractivity contribution in [3.05, 3.63) is 41.6 Å². The normalized spacial score (nSPS) is 15.0. The van der Waals surface area contributed by atoms with Gasteiger partial charge in [0.2, 0.25) is 0 Å². The summed E-state index contributed by atoms with van der Waals surface area (Å²) < 4.78 is 16.0. The van der Waals surface area contributed by atoms with Gasteiger partial charge in [-0.3, -0.25) is 4.79 Å². The number of piperidine rings is 1. The Morgan fingerprint density at radius 3 is 2.84 bits per heavy atom. The van der Waals surface area contributed by atoms with E-state index in [-0.39, 0.29) is 11.8 Å². The minimum absolute atomic E-state index is 0.262. The van der Waals surface area contributed by atoms with Gasteiger partial charge in [-0.25, -0.2) is 4.98 Å². The summed E-state index contributed by atoms with van der Waals surface area (Å²) in [5.74, 6) is 2.03. The quantitative estimate of drug-likeness (QED) is 0.834. The van der Waals surface area contributed by atoms with Crippen LogP contribution in [0.4, 0.5) is 0 Å². The van der Waals surface area contributed by atoms with Crippen LogP contribution in [0.2, 0.25) is 0 Å². The van der Waals surface area contributed by atoms with Gasteiger partial charge in [0.15, 0.2) is 11.6 Å². The molecule has 2 N–H and O–H groups in total. The predicted octanol–water partition coefficient (Wildman–Crippen LogP) is 2.09. The van der Waals surface area contributed by atoms with E-state index < -0.39 is 0 Å². The minimum atomic E-state index is -0.262. The van der Waals surface area contributed by atoms with Gasteiger partial charge in [0.1, 0.15) is 17.8 Å². The zero-order chi connectivity index (χ0) is 17.6. The van der Waals surface area contributed by atoms with Crippen molar-refractivity contribution in [2.24, 2.45) is 0 Å². The molecular formula is C18H23N3O4. The fraction of sp³-hybridized carbons (Fsp3) is 0.444. The first-order valence-corrected chi connectivity index (χ1v) is 8.36. The van der Waals surface area contributed by atoms with E-state index in [0.29, 0.717) is 29.6 Å². The van der Waals surface area contributed by atoms with E-state index in [1.807, 2.05) is 12.1 Å². The summed E-state index contributed by atoms with van der Waals surface area (Å²) in [7, 11) is 3.18. The molecule has 2 aromatic rings. The smallest absolute Gasteiger partial charge is 0.273 e. The molecule has 1 aliphatic heterocycles. The number of carbonyl (C=O) groups excluding carboxylic acids is 1. The molecule has 1 aromatic carbocycles. The molecule has 0 saturated carbocycles. The Kier molecular flexibility index (Phi) is 5.55. The van der Waals surface area contributed by atoms with Gasteiger partial charge in [0.25, 0.3) is 5.91 Å². The van der Waals surface area contributed by atoms with Crippen molar-refractivity contribution in [3.8, 4) is 11.5 Å². The van der Waals surface area contributed by atoms with Gasteiger partial charge in [-0.15, -0.1) is 0 Å². The molecule has 0 bridgehead atoms. The van der Waals surface area contributed by atoms with Crippen LogP contribution in [0.3, 0.4) is 0 Å². The Morgan fingerprint density at radius 1 is 1.32 bits per heavy atom. The van der Waals surface area contributed by atoms with Gasteiger partial charge in [-0.05, 0) is 38.1 Å².